The molecule has 4 aromatic rings. The number of carboxylic acid groups (broad SMARTS) is 1. The number of aliphatic carboxylic acids is 1. The summed E-state index contributed by atoms with van der Waals surface area (Å²) in [5, 5.41) is 13.7. The molecule has 0 radical (unpaired) electrons. The van der Waals surface area contributed by atoms with Crippen LogP contribution in [0, 0.1) is 0 Å². The Hall–Kier alpha value is -4.64. The Morgan fingerprint density at radius 3 is 2.56 bits per heavy atom. The molecule has 45 heavy (non-hydrogen) atoms. The number of aryl methyl sites for hydroxylation is 1. The van der Waals surface area contributed by atoms with Gasteiger partial charge in [-0.25, -0.2) is 14.6 Å². The van der Waals surface area contributed by atoms with Gasteiger partial charge in [0.05, 0.1) is 12.0 Å². The van der Waals surface area contributed by atoms with Crippen LogP contribution in [0.3, 0.4) is 0 Å². The number of ether oxygens (including phenoxy) is 1. The molecule has 1 unspecified atom stereocenters. The predicted octanol–water partition coefficient (Wildman–Crippen LogP) is 4.49. The van der Waals surface area contributed by atoms with Crippen molar-refractivity contribution in [3.05, 3.63) is 106 Å². The number of hydrogen-bond acceptors (Lipinski definition) is 8. The number of amides is 1. The number of aromatic nitrogens is 2. The van der Waals surface area contributed by atoms with Gasteiger partial charge in [0, 0.05) is 49.3 Å². The summed E-state index contributed by atoms with van der Waals surface area (Å²) in [7, 11) is 0. The maximum absolute atomic E-state index is 13.2. The number of carboxylic acids is 1. The minimum Gasteiger partial charge on any atom is -0.480 e. The highest BCUT2D eigenvalue weighted by molar-refractivity contribution is 5.75. The summed E-state index contributed by atoms with van der Waals surface area (Å²) in [5.74, 6) is -1.86. The second-order valence-electron chi connectivity index (χ2n) is 12.8. The van der Waals surface area contributed by atoms with E-state index in [1.54, 1.807) is 27.1 Å². The van der Waals surface area contributed by atoms with Gasteiger partial charge in [-0.05, 0) is 57.2 Å². The summed E-state index contributed by atoms with van der Waals surface area (Å²) >= 11 is 0. The molecule has 6 rings (SSSR count). The molecule has 0 aliphatic carbocycles. The third kappa shape index (κ3) is 6.73. The monoisotopic (exact) mass is 614 g/mol. The molecule has 0 bridgehead atoms. The van der Waals surface area contributed by atoms with Crippen molar-refractivity contribution in [3.63, 3.8) is 0 Å². The molecular formula is C34H38N4O7. The second-order valence-corrected chi connectivity index (χ2v) is 12.8. The van der Waals surface area contributed by atoms with E-state index in [1.807, 2.05) is 58.0 Å². The highest BCUT2D eigenvalue weighted by atomic mass is 16.6. The molecule has 2 aromatic carbocycles. The zero-order chi connectivity index (χ0) is 31.7. The fraction of sp³-hybridized carbons (Fsp3) is 0.412. The molecule has 1 amide bonds. The molecule has 11 heteroatoms. The number of benzene rings is 2. The Bertz CT molecular complexity index is 1730. The average Bonchev–Trinajstić information content (AvgIpc) is 3.71. The van der Waals surface area contributed by atoms with Crippen LogP contribution in [-0.2, 0) is 35.2 Å². The van der Waals surface area contributed by atoms with Crippen molar-refractivity contribution in [3.8, 4) is 5.69 Å². The number of hydrogen-bond donors (Lipinski definition) is 2. The van der Waals surface area contributed by atoms with E-state index < -0.39 is 35.4 Å². The van der Waals surface area contributed by atoms with E-state index in [4.69, 9.17) is 18.6 Å². The zero-order valence-corrected chi connectivity index (χ0v) is 25.7. The lowest BCUT2D eigenvalue weighted by Crippen LogP contribution is -2.47. The van der Waals surface area contributed by atoms with Crippen LogP contribution in [0.5, 0.6) is 0 Å². The molecule has 4 heterocycles. The lowest BCUT2D eigenvalue weighted by Gasteiger charge is -2.32. The molecule has 2 aliphatic rings. The van der Waals surface area contributed by atoms with Gasteiger partial charge in [0.15, 0.2) is 11.5 Å². The summed E-state index contributed by atoms with van der Waals surface area (Å²) in [6.07, 6.45) is 3.68. The Labute approximate surface area is 260 Å². The van der Waals surface area contributed by atoms with Crippen molar-refractivity contribution >= 4 is 12.1 Å². The van der Waals surface area contributed by atoms with Crippen LogP contribution < -0.4 is 11.1 Å². The number of nitrogens with zero attached hydrogens (tertiary/aromatic N) is 3. The quantitative estimate of drug-likeness (QED) is 0.279. The smallest absolute Gasteiger partial charge is 0.480 e. The third-order valence-corrected chi connectivity index (χ3v) is 8.44. The van der Waals surface area contributed by atoms with E-state index in [0.717, 1.165) is 23.4 Å². The highest BCUT2D eigenvalue weighted by Gasteiger charge is 2.42. The van der Waals surface area contributed by atoms with Crippen molar-refractivity contribution in [2.75, 3.05) is 13.1 Å². The van der Waals surface area contributed by atoms with Gasteiger partial charge in [-0.1, -0.05) is 48.5 Å². The summed E-state index contributed by atoms with van der Waals surface area (Å²) in [6, 6.07) is 16.4. The first-order valence-corrected chi connectivity index (χ1v) is 15.3. The van der Waals surface area contributed by atoms with E-state index in [0.29, 0.717) is 49.6 Å². The normalized spacial score (nSPS) is 17.7. The minimum atomic E-state index is -1.02. The topological polar surface area (TPSA) is 140 Å². The van der Waals surface area contributed by atoms with Gasteiger partial charge < -0.3 is 28.6 Å². The van der Waals surface area contributed by atoms with E-state index in [9.17, 15) is 19.5 Å². The van der Waals surface area contributed by atoms with E-state index in [1.165, 1.54) is 5.56 Å². The standard InChI is InChI=1S/C34H38N4O7/c1-34(2,3)45-32(41)36-23-15-16-37(19-23)30(31(39)40)24(18-28-27(43-33(42)44-28)17-21-9-5-4-6-10-21)29-26-14-13-22-11-7-8-12-25(22)38(26)20-35-29/h4-12,20,23-24,30H,13-19H2,1-3H3,(H,36,41)(H,39,40)/t23-,24?,30-/m0/s1. The van der Waals surface area contributed by atoms with Gasteiger partial charge in [0.1, 0.15) is 11.6 Å². The maximum Gasteiger partial charge on any atom is 0.519 e. The lowest BCUT2D eigenvalue weighted by molar-refractivity contribution is -0.144. The molecule has 3 atom stereocenters. The zero-order valence-electron chi connectivity index (χ0n) is 25.7. The van der Waals surface area contributed by atoms with Gasteiger partial charge in [0.25, 0.3) is 0 Å². The van der Waals surface area contributed by atoms with E-state index >= 15 is 0 Å². The highest BCUT2D eigenvalue weighted by Crippen LogP contribution is 2.36. The van der Waals surface area contributed by atoms with Gasteiger partial charge >= 0.3 is 17.9 Å². The fourth-order valence-electron chi connectivity index (χ4n) is 6.54. The predicted molar refractivity (Wildman–Crippen MR) is 165 cm³/mol. The molecule has 0 saturated carbocycles. The summed E-state index contributed by atoms with van der Waals surface area (Å²) < 4.78 is 18.5. The summed E-state index contributed by atoms with van der Waals surface area (Å²) in [6.45, 7) is 6.14. The molecule has 0 spiro atoms. The first-order chi connectivity index (χ1) is 21.6. The van der Waals surface area contributed by atoms with Crippen molar-refractivity contribution in [1.29, 1.82) is 0 Å². The van der Waals surface area contributed by atoms with Crippen molar-refractivity contribution in [2.24, 2.45) is 0 Å². The number of rotatable bonds is 9. The van der Waals surface area contributed by atoms with Gasteiger partial charge in [-0.15, -0.1) is 0 Å². The first-order valence-electron chi connectivity index (χ1n) is 15.3. The Balaban J connectivity index is 1.35. The number of nitrogens with one attached hydrogen (secondary N) is 1. The van der Waals surface area contributed by atoms with Crippen molar-refractivity contribution in [2.45, 2.75) is 76.5 Å². The average molecular weight is 615 g/mol. The lowest BCUT2D eigenvalue weighted by atomic mass is 9.86. The van der Waals surface area contributed by atoms with E-state index in [-0.39, 0.29) is 12.5 Å². The number of para-hydroxylation sites is 1. The van der Waals surface area contributed by atoms with Crippen molar-refractivity contribution in [1.82, 2.24) is 19.8 Å². The molecule has 236 valence electrons. The van der Waals surface area contributed by atoms with Gasteiger partial charge in [-0.2, -0.15) is 0 Å². The number of alkyl carbamates (subject to hydrolysis) is 1. The third-order valence-electron chi connectivity index (χ3n) is 8.44. The molecular weight excluding hydrogens is 576 g/mol. The van der Waals surface area contributed by atoms with Gasteiger partial charge in [-0.3, -0.25) is 9.69 Å². The van der Waals surface area contributed by atoms with Crippen LogP contribution in [0.25, 0.3) is 5.69 Å². The Morgan fingerprint density at radius 2 is 1.80 bits per heavy atom. The number of carbonyl (C=O) groups is 2. The van der Waals surface area contributed by atoms with E-state index in [2.05, 4.69) is 11.4 Å². The number of imidazole rings is 1. The second kappa shape index (κ2) is 12.4. The van der Waals surface area contributed by atoms with Crippen LogP contribution >= 0.6 is 0 Å². The van der Waals surface area contributed by atoms with Crippen LogP contribution in [0.15, 0.2) is 74.6 Å². The molecule has 1 fully saturated rings. The first kappa shape index (κ1) is 30.4. The summed E-state index contributed by atoms with van der Waals surface area (Å²) in [4.78, 5) is 44.8. The largest absolute Gasteiger partial charge is 0.519 e. The van der Waals surface area contributed by atoms with Gasteiger partial charge in [0.2, 0.25) is 0 Å². The summed E-state index contributed by atoms with van der Waals surface area (Å²) in [5.41, 5.74) is 4.08. The minimum absolute atomic E-state index is 0.0944. The van der Waals surface area contributed by atoms with Crippen LogP contribution in [0.2, 0.25) is 0 Å². The Kier molecular flexibility index (Phi) is 8.37. The molecule has 11 nitrogen and oxygen atoms in total. The number of likely N-dealkylation sites (tertiary alicyclic amines) is 1. The van der Waals surface area contributed by atoms with Crippen LogP contribution in [0.4, 0.5) is 4.79 Å². The maximum atomic E-state index is 13.2. The van der Waals surface area contributed by atoms with Crippen LogP contribution in [0.1, 0.15) is 67.1 Å². The molecule has 1 saturated heterocycles. The fourth-order valence-corrected chi connectivity index (χ4v) is 6.54. The SMILES string of the molecule is CC(C)(C)OC(=O)N[C@H]1CCN([C@H](C(=O)O)C(Cc2oc(=O)oc2Cc2ccccc2)c2ncn3c2CCc2ccccc2-3)C1. The Morgan fingerprint density at radius 1 is 1.07 bits per heavy atom. The van der Waals surface area contributed by atoms with Crippen molar-refractivity contribution < 1.29 is 28.3 Å². The van der Waals surface area contributed by atoms with Crippen LogP contribution in [-0.4, -0.2) is 62.4 Å². The molecule has 2 N–H and O–H groups in total. The number of carbonyl (C=O) groups excluding carboxylic acids is 1. The molecule has 2 aromatic heterocycles. The number of fused-ring (bicyclic) bond motifs is 3. The molecule has 2 aliphatic heterocycles.